The van der Waals surface area contributed by atoms with Gasteiger partial charge >= 0.3 is 0 Å². The Kier molecular flexibility index (Phi) is 5.14. The first-order valence-corrected chi connectivity index (χ1v) is 10.5. The molecule has 1 aromatic carbocycles. The highest BCUT2D eigenvalue weighted by Crippen LogP contribution is 2.29. The van der Waals surface area contributed by atoms with Gasteiger partial charge in [0.25, 0.3) is 0 Å². The number of anilines is 1. The Morgan fingerprint density at radius 2 is 1.81 bits per heavy atom. The van der Waals surface area contributed by atoms with Gasteiger partial charge in [-0.05, 0) is 30.4 Å². The molecule has 2 saturated heterocycles. The van der Waals surface area contributed by atoms with Crippen molar-refractivity contribution < 1.29 is 4.79 Å². The van der Waals surface area contributed by atoms with Crippen LogP contribution in [0.2, 0.25) is 0 Å². The maximum Gasteiger partial charge on any atom is 0.236 e. The molecule has 140 valence electrons. The van der Waals surface area contributed by atoms with Crippen LogP contribution in [0.25, 0.3) is 10.2 Å². The molecule has 2 aliphatic rings. The average Bonchev–Trinajstić information content (AvgIpc) is 3.05. The molecule has 5 nitrogen and oxygen atoms in total. The van der Waals surface area contributed by atoms with Crippen molar-refractivity contribution in [3.8, 4) is 0 Å². The molecule has 2 aliphatic heterocycles. The molecule has 0 saturated carbocycles. The summed E-state index contributed by atoms with van der Waals surface area (Å²) in [5.41, 5.74) is 1.08. The van der Waals surface area contributed by atoms with Crippen molar-refractivity contribution >= 4 is 32.6 Å². The van der Waals surface area contributed by atoms with Crippen molar-refractivity contribution in [2.24, 2.45) is 11.8 Å². The Morgan fingerprint density at radius 1 is 1.12 bits per heavy atom. The van der Waals surface area contributed by atoms with E-state index in [-0.39, 0.29) is 0 Å². The molecular weight excluding hydrogens is 344 g/mol. The number of rotatable bonds is 3. The van der Waals surface area contributed by atoms with Crippen LogP contribution < -0.4 is 4.90 Å². The van der Waals surface area contributed by atoms with E-state index in [2.05, 4.69) is 46.7 Å². The molecule has 0 spiro atoms. The number of piperidine rings is 1. The van der Waals surface area contributed by atoms with Crippen LogP contribution in [0, 0.1) is 11.8 Å². The summed E-state index contributed by atoms with van der Waals surface area (Å²) in [5.74, 6) is 1.55. The highest BCUT2D eigenvalue weighted by Gasteiger charge is 2.28. The van der Waals surface area contributed by atoms with Gasteiger partial charge in [0.15, 0.2) is 5.13 Å². The topological polar surface area (TPSA) is 39.7 Å². The lowest BCUT2D eigenvalue weighted by Gasteiger charge is -2.38. The number of nitrogens with zero attached hydrogens (tertiary/aromatic N) is 4. The normalized spacial score (nSPS) is 25.0. The van der Waals surface area contributed by atoms with Crippen LogP contribution in [0.1, 0.15) is 20.3 Å². The van der Waals surface area contributed by atoms with Crippen LogP contribution in [-0.2, 0) is 4.79 Å². The highest BCUT2D eigenvalue weighted by atomic mass is 32.1. The van der Waals surface area contributed by atoms with E-state index in [1.807, 2.05) is 6.07 Å². The molecule has 6 heteroatoms. The molecule has 2 aromatic rings. The number of para-hydroxylation sites is 1. The standard InChI is InChI=1S/C20H28N4OS/c1-15-11-16(2)13-24(12-15)19(25)14-22-7-9-23(10-8-22)20-21-17-5-3-4-6-18(17)26-20/h3-6,15-16H,7-14H2,1-2H3. The molecule has 2 fully saturated rings. The first-order valence-electron chi connectivity index (χ1n) is 9.69. The second-order valence-corrected chi connectivity index (χ2v) is 8.98. The Bertz CT molecular complexity index is 725. The smallest absolute Gasteiger partial charge is 0.236 e. The minimum atomic E-state index is 0.303. The van der Waals surface area contributed by atoms with Crippen LogP contribution in [-0.4, -0.2) is 66.5 Å². The number of hydrogen-bond donors (Lipinski definition) is 0. The van der Waals surface area contributed by atoms with Gasteiger partial charge in [0.1, 0.15) is 0 Å². The summed E-state index contributed by atoms with van der Waals surface area (Å²) in [5, 5.41) is 1.11. The summed E-state index contributed by atoms with van der Waals surface area (Å²) in [4.78, 5) is 24.2. The minimum absolute atomic E-state index is 0.303. The molecule has 2 atom stereocenters. The van der Waals surface area contributed by atoms with Crippen molar-refractivity contribution in [3.05, 3.63) is 24.3 Å². The summed E-state index contributed by atoms with van der Waals surface area (Å²) >= 11 is 1.76. The van der Waals surface area contributed by atoms with Crippen molar-refractivity contribution in [2.75, 3.05) is 50.7 Å². The summed E-state index contributed by atoms with van der Waals surface area (Å²) in [6, 6.07) is 8.31. The van der Waals surface area contributed by atoms with Crippen LogP contribution >= 0.6 is 11.3 Å². The van der Waals surface area contributed by atoms with E-state index < -0.39 is 0 Å². The van der Waals surface area contributed by atoms with Gasteiger partial charge in [-0.3, -0.25) is 9.69 Å². The zero-order chi connectivity index (χ0) is 18.1. The number of carbonyl (C=O) groups excluding carboxylic acids is 1. The lowest BCUT2D eigenvalue weighted by Crippen LogP contribution is -2.52. The highest BCUT2D eigenvalue weighted by molar-refractivity contribution is 7.22. The molecule has 0 bridgehead atoms. The van der Waals surface area contributed by atoms with E-state index >= 15 is 0 Å². The maximum absolute atomic E-state index is 12.7. The van der Waals surface area contributed by atoms with E-state index in [0.29, 0.717) is 24.3 Å². The largest absolute Gasteiger partial charge is 0.345 e. The number of carbonyl (C=O) groups is 1. The maximum atomic E-state index is 12.7. The SMILES string of the molecule is CC1CC(C)CN(C(=O)CN2CCN(c3nc4ccccc4s3)CC2)C1. The number of likely N-dealkylation sites (tertiary alicyclic amines) is 1. The number of thiazole rings is 1. The third-order valence-corrected chi connectivity index (χ3v) is 6.60. The second kappa shape index (κ2) is 7.53. The number of hydrogen-bond acceptors (Lipinski definition) is 5. The van der Waals surface area contributed by atoms with E-state index in [0.717, 1.165) is 49.9 Å². The fourth-order valence-corrected chi connectivity index (χ4v) is 5.27. The quantitative estimate of drug-likeness (QED) is 0.831. The molecule has 3 heterocycles. The number of amides is 1. The Morgan fingerprint density at radius 3 is 2.50 bits per heavy atom. The van der Waals surface area contributed by atoms with Crippen molar-refractivity contribution in [3.63, 3.8) is 0 Å². The van der Waals surface area contributed by atoms with E-state index in [1.165, 1.54) is 11.1 Å². The Hall–Kier alpha value is -1.66. The fourth-order valence-electron chi connectivity index (χ4n) is 4.25. The van der Waals surface area contributed by atoms with E-state index in [4.69, 9.17) is 4.98 Å². The van der Waals surface area contributed by atoms with Gasteiger partial charge in [-0.2, -0.15) is 0 Å². The van der Waals surface area contributed by atoms with Gasteiger partial charge in [-0.15, -0.1) is 0 Å². The molecule has 0 radical (unpaired) electrons. The molecule has 0 aliphatic carbocycles. The summed E-state index contributed by atoms with van der Waals surface area (Å²) in [6.07, 6.45) is 1.24. The predicted octanol–water partition coefficient (Wildman–Crippen LogP) is 2.92. The monoisotopic (exact) mass is 372 g/mol. The van der Waals surface area contributed by atoms with E-state index in [9.17, 15) is 4.79 Å². The molecule has 2 unspecified atom stereocenters. The minimum Gasteiger partial charge on any atom is -0.345 e. The Labute approximate surface area is 159 Å². The zero-order valence-electron chi connectivity index (χ0n) is 15.7. The van der Waals surface area contributed by atoms with Gasteiger partial charge in [-0.25, -0.2) is 4.98 Å². The summed E-state index contributed by atoms with van der Waals surface area (Å²) in [7, 11) is 0. The number of fused-ring (bicyclic) bond motifs is 1. The van der Waals surface area contributed by atoms with Crippen LogP contribution in [0.3, 0.4) is 0 Å². The van der Waals surface area contributed by atoms with Crippen LogP contribution in [0.5, 0.6) is 0 Å². The van der Waals surface area contributed by atoms with Crippen molar-refractivity contribution in [2.45, 2.75) is 20.3 Å². The molecule has 26 heavy (non-hydrogen) atoms. The third-order valence-electron chi connectivity index (χ3n) is 5.51. The number of benzene rings is 1. The zero-order valence-corrected chi connectivity index (χ0v) is 16.5. The summed E-state index contributed by atoms with van der Waals surface area (Å²) in [6.45, 7) is 10.7. The van der Waals surface area contributed by atoms with Crippen LogP contribution in [0.4, 0.5) is 5.13 Å². The fraction of sp³-hybridized carbons (Fsp3) is 0.600. The lowest BCUT2D eigenvalue weighted by molar-refractivity contribution is -0.135. The van der Waals surface area contributed by atoms with Crippen LogP contribution in [0.15, 0.2) is 24.3 Å². The molecular formula is C20H28N4OS. The lowest BCUT2D eigenvalue weighted by atomic mass is 9.92. The second-order valence-electron chi connectivity index (χ2n) is 7.97. The number of piperazine rings is 1. The van der Waals surface area contributed by atoms with Gasteiger partial charge in [0, 0.05) is 39.3 Å². The van der Waals surface area contributed by atoms with Crippen molar-refractivity contribution in [1.29, 1.82) is 0 Å². The predicted molar refractivity (Wildman–Crippen MR) is 108 cm³/mol. The van der Waals surface area contributed by atoms with Crippen molar-refractivity contribution in [1.82, 2.24) is 14.8 Å². The average molecular weight is 373 g/mol. The molecule has 1 aromatic heterocycles. The van der Waals surface area contributed by atoms with Gasteiger partial charge in [0.2, 0.25) is 5.91 Å². The Balaban J connectivity index is 1.31. The molecule has 1 amide bonds. The first-order chi connectivity index (χ1) is 12.6. The van der Waals surface area contributed by atoms with Gasteiger partial charge in [0.05, 0.1) is 16.8 Å². The number of aromatic nitrogens is 1. The first kappa shape index (κ1) is 17.7. The third kappa shape index (κ3) is 3.86. The van der Waals surface area contributed by atoms with Gasteiger partial charge in [-0.1, -0.05) is 37.3 Å². The summed E-state index contributed by atoms with van der Waals surface area (Å²) < 4.78 is 1.24. The van der Waals surface area contributed by atoms with Gasteiger partial charge < -0.3 is 9.80 Å². The van der Waals surface area contributed by atoms with E-state index in [1.54, 1.807) is 11.3 Å². The molecule has 0 N–H and O–H groups in total. The molecule has 4 rings (SSSR count).